The lowest BCUT2D eigenvalue weighted by atomic mass is 10.1. The lowest BCUT2D eigenvalue weighted by Gasteiger charge is -2.02. The second-order valence-corrected chi connectivity index (χ2v) is 8.77. The fourth-order valence-corrected chi connectivity index (χ4v) is 5.08. The van der Waals surface area contributed by atoms with Crippen LogP contribution in [0.3, 0.4) is 0 Å². The molecule has 152 valence electrons. The molecule has 31 heavy (non-hydrogen) atoms. The minimum Gasteiger partial charge on any atom is -0.497 e. The average molecular weight is 444 g/mol. The van der Waals surface area contributed by atoms with Crippen LogP contribution in [0.15, 0.2) is 78.9 Å². The Morgan fingerprint density at radius 2 is 1.58 bits per heavy atom. The van der Waals surface area contributed by atoms with Gasteiger partial charge in [-0.25, -0.2) is 9.97 Å². The molecule has 5 nitrogen and oxygen atoms in total. The summed E-state index contributed by atoms with van der Waals surface area (Å²) in [5.74, 6) is 0.722. The first kappa shape index (κ1) is 19.4. The first-order chi connectivity index (χ1) is 15.2. The van der Waals surface area contributed by atoms with E-state index in [1.165, 1.54) is 22.7 Å². The molecule has 0 unspecified atom stereocenters. The normalized spacial score (nSPS) is 10.9. The number of benzene rings is 3. The van der Waals surface area contributed by atoms with E-state index in [1.54, 1.807) is 7.11 Å². The number of nitrogens with one attached hydrogen (secondary N) is 1. The van der Waals surface area contributed by atoms with Gasteiger partial charge in [-0.3, -0.25) is 4.79 Å². The molecule has 3 aromatic carbocycles. The molecule has 2 aromatic heterocycles. The number of hydrogen-bond acceptors (Lipinski definition) is 7. The summed E-state index contributed by atoms with van der Waals surface area (Å²) in [5, 5.41) is 4.64. The Morgan fingerprint density at radius 3 is 2.32 bits per heavy atom. The third-order valence-corrected chi connectivity index (χ3v) is 6.65. The van der Waals surface area contributed by atoms with E-state index in [-0.39, 0.29) is 5.78 Å². The zero-order valence-corrected chi connectivity index (χ0v) is 18.2. The third-order valence-electron chi connectivity index (χ3n) is 4.73. The van der Waals surface area contributed by atoms with Gasteiger partial charge < -0.3 is 10.1 Å². The van der Waals surface area contributed by atoms with E-state index >= 15 is 0 Å². The largest absolute Gasteiger partial charge is 0.497 e. The summed E-state index contributed by atoms with van der Waals surface area (Å²) in [7, 11) is 1.64. The Balaban J connectivity index is 1.54. The maximum atomic E-state index is 13.2. The van der Waals surface area contributed by atoms with Gasteiger partial charge in [0.2, 0.25) is 5.78 Å². The molecule has 1 N–H and O–H groups in total. The predicted octanol–water partition coefficient (Wildman–Crippen LogP) is 6.40. The highest BCUT2D eigenvalue weighted by molar-refractivity contribution is 7.23. The predicted molar refractivity (Wildman–Crippen MR) is 127 cm³/mol. The molecule has 2 heterocycles. The second kappa shape index (κ2) is 8.29. The SMILES string of the molecule is COc1ccc2sc(Nc3nc(-c4ccccc4)c(C(=O)c4ccccc4)s3)nc2c1. The van der Waals surface area contributed by atoms with Crippen molar-refractivity contribution in [3.63, 3.8) is 0 Å². The van der Waals surface area contributed by atoms with Crippen LogP contribution in [-0.2, 0) is 0 Å². The number of ether oxygens (including phenoxy) is 1. The molecular weight excluding hydrogens is 426 g/mol. The topological polar surface area (TPSA) is 64.1 Å². The van der Waals surface area contributed by atoms with Crippen LogP contribution in [0.25, 0.3) is 21.5 Å². The van der Waals surface area contributed by atoms with E-state index in [1.807, 2.05) is 78.9 Å². The van der Waals surface area contributed by atoms with Crippen LogP contribution >= 0.6 is 22.7 Å². The highest BCUT2D eigenvalue weighted by Gasteiger charge is 2.21. The number of methoxy groups -OCH3 is 1. The number of hydrogen-bond donors (Lipinski definition) is 1. The molecule has 0 aliphatic carbocycles. The van der Waals surface area contributed by atoms with Crippen molar-refractivity contribution in [2.24, 2.45) is 0 Å². The zero-order valence-electron chi connectivity index (χ0n) is 16.5. The van der Waals surface area contributed by atoms with Gasteiger partial charge in [0.25, 0.3) is 0 Å². The summed E-state index contributed by atoms with van der Waals surface area (Å²) in [5.41, 5.74) is 3.07. The summed E-state index contributed by atoms with van der Waals surface area (Å²) >= 11 is 2.87. The van der Waals surface area contributed by atoms with Gasteiger partial charge in [-0.2, -0.15) is 0 Å². The number of carbonyl (C=O) groups is 1. The molecular formula is C24H17N3O2S2. The van der Waals surface area contributed by atoms with Crippen molar-refractivity contribution in [1.29, 1.82) is 0 Å². The number of anilines is 2. The molecule has 7 heteroatoms. The Morgan fingerprint density at radius 1 is 0.871 bits per heavy atom. The lowest BCUT2D eigenvalue weighted by Crippen LogP contribution is -2.00. The van der Waals surface area contributed by atoms with Crippen molar-refractivity contribution in [2.75, 3.05) is 12.4 Å². The molecule has 0 radical (unpaired) electrons. The monoisotopic (exact) mass is 443 g/mol. The van der Waals surface area contributed by atoms with Crippen LogP contribution in [0.4, 0.5) is 10.3 Å². The highest BCUT2D eigenvalue weighted by Crippen LogP contribution is 2.36. The summed E-state index contributed by atoms with van der Waals surface area (Å²) in [6.45, 7) is 0. The average Bonchev–Trinajstić information content (AvgIpc) is 3.43. The summed E-state index contributed by atoms with van der Waals surface area (Å²) in [6, 6.07) is 24.8. The van der Waals surface area contributed by atoms with Gasteiger partial charge in [-0.05, 0) is 12.1 Å². The van der Waals surface area contributed by atoms with Crippen molar-refractivity contribution in [1.82, 2.24) is 9.97 Å². The van der Waals surface area contributed by atoms with Gasteiger partial charge in [0.05, 0.1) is 23.0 Å². The summed E-state index contributed by atoms with van der Waals surface area (Å²) in [6.07, 6.45) is 0. The standard InChI is InChI=1S/C24H17N3O2S2/c1-29-17-12-13-19-18(14-17)25-23(30-19)27-24-26-20(15-8-4-2-5-9-15)22(31-24)21(28)16-10-6-3-7-11-16/h2-14H,1H3,(H,25,26,27). The lowest BCUT2D eigenvalue weighted by molar-refractivity contribution is 0.104. The molecule has 0 saturated heterocycles. The van der Waals surface area contributed by atoms with Crippen molar-refractivity contribution in [3.05, 3.63) is 89.3 Å². The third kappa shape index (κ3) is 3.93. The van der Waals surface area contributed by atoms with Gasteiger partial charge in [-0.1, -0.05) is 83.3 Å². The second-order valence-electron chi connectivity index (χ2n) is 6.74. The molecule has 0 atom stereocenters. The van der Waals surface area contributed by atoms with Gasteiger partial charge >= 0.3 is 0 Å². The molecule has 0 spiro atoms. The van der Waals surface area contributed by atoms with Crippen LogP contribution < -0.4 is 10.1 Å². The van der Waals surface area contributed by atoms with Crippen molar-refractivity contribution in [2.45, 2.75) is 0 Å². The number of rotatable bonds is 6. The first-order valence-electron chi connectivity index (χ1n) is 9.59. The number of aromatic nitrogens is 2. The highest BCUT2D eigenvalue weighted by atomic mass is 32.1. The molecule has 0 saturated carbocycles. The summed E-state index contributed by atoms with van der Waals surface area (Å²) < 4.78 is 6.33. The Labute approximate surface area is 187 Å². The number of fused-ring (bicyclic) bond motifs is 1. The van der Waals surface area contributed by atoms with E-state index in [0.29, 0.717) is 21.3 Å². The van der Waals surface area contributed by atoms with E-state index in [9.17, 15) is 4.79 Å². The smallest absolute Gasteiger partial charge is 0.205 e. The molecule has 5 rings (SSSR count). The van der Waals surface area contributed by atoms with Gasteiger partial charge in [-0.15, -0.1) is 0 Å². The molecule has 0 amide bonds. The fourth-order valence-electron chi connectivity index (χ4n) is 3.22. The van der Waals surface area contributed by atoms with Gasteiger partial charge in [0.1, 0.15) is 10.6 Å². The number of thiazole rings is 2. The minimum atomic E-state index is -0.0426. The zero-order chi connectivity index (χ0) is 21.2. The molecule has 0 aliphatic rings. The molecule has 0 bridgehead atoms. The first-order valence-corrected chi connectivity index (χ1v) is 11.2. The van der Waals surface area contributed by atoms with E-state index in [0.717, 1.165) is 26.7 Å². The minimum absolute atomic E-state index is 0.0426. The quantitative estimate of drug-likeness (QED) is 0.308. The van der Waals surface area contributed by atoms with Crippen molar-refractivity contribution in [3.8, 4) is 17.0 Å². The number of ketones is 1. The van der Waals surface area contributed by atoms with Gasteiger partial charge in [0, 0.05) is 17.2 Å². The van der Waals surface area contributed by atoms with Crippen LogP contribution in [0, 0.1) is 0 Å². The maximum absolute atomic E-state index is 13.2. The van der Waals surface area contributed by atoms with Crippen LogP contribution in [-0.4, -0.2) is 22.9 Å². The molecule has 5 aromatic rings. The Bertz CT molecular complexity index is 1360. The number of nitrogens with zero attached hydrogens (tertiary/aromatic N) is 2. The van der Waals surface area contributed by atoms with Gasteiger partial charge in [0.15, 0.2) is 10.3 Å². The van der Waals surface area contributed by atoms with Crippen LogP contribution in [0.1, 0.15) is 15.2 Å². The summed E-state index contributed by atoms with van der Waals surface area (Å²) in [4.78, 5) is 23.2. The van der Waals surface area contributed by atoms with E-state index < -0.39 is 0 Å². The fraction of sp³-hybridized carbons (Fsp3) is 0.0417. The van der Waals surface area contributed by atoms with E-state index in [2.05, 4.69) is 10.3 Å². The van der Waals surface area contributed by atoms with Crippen LogP contribution in [0.2, 0.25) is 0 Å². The molecule has 0 aliphatic heterocycles. The number of carbonyl (C=O) groups excluding carboxylic acids is 1. The Kier molecular flexibility index (Phi) is 5.19. The maximum Gasteiger partial charge on any atom is 0.205 e. The van der Waals surface area contributed by atoms with Crippen molar-refractivity contribution < 1.29 is 9.53 Å². The van der Waals surface area contributed by atoms with Crippen LogP contribution in [0.5, 0.6) is 5.75 Å². The van der Waals surface area contributed by atoms with E-state index in [4.69, 9.17) is 9.72 Å². The molecule has 0 fully saturated rings. The van der Waals surface area contributed by atoms with Crippen molar-refractivity contribution >= 4 is 48.9 Å². The Hall–Kier alpha value is -3.55.